The van der Waals surface area contributed by atoms with Gasteiger partial charge >= 0.3 is 0 Å². The quantitative estimate of drug-likeness (QED) is 0.159. The standard InChI is InChI=1S/C27H26FN7S/c1-36-34-27-12-10-19(16-30-27)21-7-3-8-22(32-21)23-17-31-26(33-23)13-11-25(29)35-14-4-9-24(35)18-5-2-6-20(28)15-18/h2-3,5-8,10-13,15-17,24,29H,4,9,14H2,1H3,(H,30,34)(H,31,33)/b13-11-,29-25?/t24-/m1/s1. The summed E-state index contributed by atoms with van der Waals surface area (Å²) >= 11 is 1.50. The summed E-state index contributed by atoms with van der Waals surface area (Å²) in [6, 6.07) is 16.4. The van der Waals surface area contributed by atoms with E-state index in [9.17, 15) is 4.39 Å². The van der Waals surface area contributed by atoms with Gasteiger partial charge in [-0.05, 0) is 67.0 Å². The summed E-state index contributed by atoms with van der Waals surface area (Å²) in [5, 5.41) is 8.58. The summed E-state index contributed by atoms with van der Waals surface area (Å²) < 4.78 is 16.8. The number of hydrogen-bond donors (Lipinski definition) is 3. The maximum absolute atomic E-state index is 13.7. The Hall–Kier alpha value is -3.98. The van der Waals surface area contributed by atoms with Gasteiger partial charge in [0.05, 0.1) is 29.3 Å². The Bertz CT molecular complexity index is 1380. The van der Waals surface area contributed by atoms with Gasteiger partial charge in [0, 0.05) is 24.6 Å². The molecule has 3 N–H and O–H groups in total. The van der Waals surface area contributed by atoms with Gasteiger partial charge in [-0.3, -0.25) is 5.41 Å². The maximum atomic E-state index is 13.7. The third kappa shape index (κ3) is 5.31. The van der Waals surface area contributed by atoms with E-state index in [2.05, 4.69) is 19.7 Å². The molecule has 0 spiro atoms. The van der Waals surface area contributed by atoms with E-state index in [4.69, 9.17) is 10.4 Å². The minimum Gasteiger partial charge on any atom is -0.350 e. The highest BCUT2D eigenvalue weighted by Crippen LogP contribution is 2.32. The number of likely N-dealkylation sites (tertiary alicyclic amines) is 1. The molecule has 0 aliphatic carbocycles. The van der Waals surface area contributed by atoms with Gasteiger partial charge in [0.1, 0.15) is 23.3 Å². The van der Waals surface area contributed by atoms with Gasteiger partial charge in [0.25, 0.3) is 0 Å². The van der Waals surface area contributed by atoms with Gasteiger partial charge < -0.3 is 14.6 Å². The van der Waals surface area contributed by atoms with Crippen molar-refractivity contribution in [2.24, 2.45) is 0 Å². The van der Waals surface area contributed by atoms with Crippen LogP contribution in [0.4, 0.5) is 10.2 Å². The number of pyridine rings is 2. The molecular formula is C27H26FN7S. The molecule has 182 valence electrons. The van der Waals surface area contributed by atoms with E-state index in [-0.39, 0.29) is 11.9 Å². The SMILES string of the molecule is CSNc1ccc(-c2cccc(-c3cnc(/C=C\C(=N)N4CCC[C@@H]4c4cccc(F)c4)[nH]3)n2)cn1. The average Bonchev–Trinajstić information content (AvgIpc) is 3.58. The van der Waals surface area contributed by atoms with Crippen molar-refractivity contribution in [2.45, 2.75) is 18.9 Å². The molecule has 0 unspecified atom stereocenters. The highest BCUT2D eigenvalue weighted by molar-refractivity contribution is 7.99. The monoisotopic (exact) mass is 499 g/mol. The number of aromatic amines is 1. The van der Waals surface area contributed by atoms with Gasteiger partial charge in [-0.2, -0.15) is 0 Å². The highest BCUT2D eigenvalue weighted by Gasteiger charge is 2.27. The van der Waals surface area contributed by atoms with E-state index in [0.717, 1.165) is 53.4 Å². The Morgan fingerprint density at radius 2 is 2.00 bits per heavy atom. The highest BCUT2D eigenvalue weighted by atomic mass is 32.2. The minimum atomic E-state index is -0.247. The normalized spacial score (nSPS) is 15.5. The molecule has 0 radical (unpaired) electrons. The Morgan fingerprint density at radius 3 is 2.81 bits per heavy atom. The lowest BCUT2D eigenvalue weighted by Crippen LogP contribution is -2.28. The first kappa shape index (κ1) is 23.7. The fourth-order valence-corrected chi connectivity index (χ4v) is 4.71. The maximum Gasteiger partial charge on any atom is 0.135 e. The number of aromatic nitrogens is 4. The van der Waals surface area contributed by atoms with Crippen LogP contribution < -0.4 is 4.72 Å². The fourth-order valence-electron chi connectivity index (χ4n) is 4.38. The molecule has 4 heterocycles. The Kier molecular flexibility index (Phi) is 7.08. The molecule has 4 aromatic rings. The zero-order chi connectivity index (χ0) is 24.9. The fraction of sp³-hybridized carbons (Fsp3) is 0.185. The van der Waals surface area contributed by atoms with Crippen LogP contribution in [0.3, 0.4) is 0 Å². The molecule has 5 rings (SSSR count). The molecule has 7 nitrogen and oxygen atoms in total. The summed E-state index contributed by atoms with van der Waals surface area (Å²) in [4.78, 5) is 18.9. The van der Waals surface area contributed by atoms with Gasteiger partial charge in [-0.15, -0.1) is 0 Å². The second kappa shape index (κ2) is 10.7. The van der Waals surface area contributed by atoms with Crippen LogP contribution in [0, 0.1) is 11.2 Å². The first-order chi connectivity index (χ1) is 17.6. The number of imidazole rings is 1. The van der Waals surface area contributed by atoms with Gasteiger partial charge in [0.2, 0.25) is 0 Å². The predicted molar refractivity (Wildman–Crippen MR) is 144 cm³/mol. The van der Waals surface area contributed by atoms with Crippen molar-refractivity contribution in [1.29, 1.82) is 5.41 Å². The van der Waals surface area contributed by atoms with Crippen LogP contribution in [-0.2, 0) is 0 Å². The number of rotatable bonds is 7. The van der Waals surface area contributed by atoms with Crippen molar-refractivity contribution in [1.82, 2.24) is 24.8 Å². The summed E-state index contributed by atoms with van der Waals surface area (Å²) in [7, 11) is 0. The largest absolute Gasteiger partial charge is 0.350 e. The molecule has 1 aromatic carbocycles. The molecular weight excluding hydrogens is 473 g/mol. The Balaban J connectivity index is 1.29. The predicted octanol–water partition coefficient (Wildman–Crippen LogP) is 6.19. The van der Waals surface area contributed by atoms with Crippen LogP contribution in [0.5, 0.6) is 0 Å². The van der Waals surface area contributed by atoms with Crippen LogP contribution in [0.15, 0.2) is 73.1 Å². The first-order valence-corrected chi connectivity index (χ1v) is 12.9. The third-order valence-electron chi connectivity index (χ3n) is 6.08. The van der Waals surface area contributed by atoms with E-state index in [1.165, 1.54) is 18.0 Å². The number of benzene rings is 1. The second-order valence-corrected chi connectivity index (χ2v) is 9.07. The Morgan fingerprint density at radius 1 is 1.14 bits per heavy atom. The molecule has 1 aliphatic rings. The zero-order valence-corrected chi connectivity index (χ0v) is 20.6. The summed E-state index contributed by atoms with van der Waals surface area (Å²) in [5.74, 6) is 1.57. The number of amidine groups is 1. The van der Waals surface area contributed by atoms with Crippen molar-refractivity contribution in [3.05, 3.63) is 90.3 Å². The van der Waals surface area contributed by atoms with Crippen LogP contribution in [0.2, 0.25) is 0 Å². The van der Waals surface area contributed by atoms with E-state index in [1.807, 2.05) is 47.6 Å². The van der Waals surface area contributed by atoms with E-state index in [1.54, 1.807) is 36.7 Å². The minimum absolute atomic E-state index is 0.0111. The molecule has 0 saturated carbocycles. The topological polar surface area (TPSA) is 93.6 Å². The molecule has 3 aromatic heterocycles. The average molecular weight is 500 g/mol. The molecule has 1 atom stereocenters. The summed E-state index contributed by atoms with van der Waals surface area (Å²) in [6.07, 6.45) is 10.9. The lowest BCUT2D eigenvalue weighted by Gasteiger charge is -2.26. The molecule has 1 aliphatic heterocycles. The van der Waals surface area contributed by atoms with Crippen molar-refractivity contribution in [3.8, 4) is 22.6 Å². The molecule has 1 fully saturated rings. The van der Waals surface area contributed by atoms with E-state index < -0.39 is 0 Å². The van der Waals surface area contributed by atoms with Crippen molar-refractivity contribution >= 4 is 29.7 Å². The van der Waals surface area contributed by atoms with Crippen LogP contribution in [0.1, 0.15) is 30.3 Å². The second-order valence-electron chi connectivity index (χ2n) is 8.45. The van der Waals surface area contributed by atoms with Crippen molar-refractivity contribution in [3.63, 3.8) is 0 Å². The molecule has 0 bridgehead atoms. The van der Waals surface area contributed by atoms with Crippen molar-refractivity contribution < 1.29 is 4.39 Å². The molecule has 0 amide bonds. The molecule has 9 heteroatoms. The Labute approximate surface area is 213 Å². The van der Waals surface area contributed by atoms with E-state index in [0.29, 0.717) is 11.7 Å². The van der Waals surface area contributed by atoms with Crippen LogP contribution in [-0.4, -0.2) is 43.5 Å². The number of halogens is 1. The number of hydrogen-bond acceptors (Lipinski definition) is 6. The van der Waals surface area contributed by atoms with Crippen LogP contribution in [0.25, 0.3) is 28.7 Å². The summed E-state index contributed by atoms with van der Waals surface area (Å²) in [6.45, 7) is 0.771. The zero-order valence-electron chi connectivity index (χ0n) is 19.8. The molecule has 1 saturated heterocycles. The lowest BCUT2D eigenvalue weighted by molar-refractivity contribution is 0.399. The lowest BCUT2D eigenvalue weighted by atomic mass is 10.0. The van der Waals surface area contributed by atoms with Crippen LogP contribution >= 0.6 is 11.9 Å². The number of nitrogens with zero attached hydrogens (tertiary/aromatic N) is 4. The third-order valence-corrected chi connectivity index (χ3v) is 6.49. The van der Waals surface area contributed by atoms with Gasteiger partial charge in [-0.1, -0.05) is 30.1 Å². The van der Waals surface area contributed by atoms with Gasteiger partial charge in [0.15, 0.2) is 0 Å². The summed E-state index contributed by atoms with van der Waals surface area (Å²) in [5.41, 5.74) is 4.21. The van der Waals surface area contributed by atoms with E-state index >= 15 is 0 Å². The number of H-pyrrole nitrogens is 1. The number of anilines is 1. The van der Waals surface area contributed by atoms with Gasteiger partial charge in [-0.25, -0.2) is 19.3 Å². The van der Waals surface area contributed by atoms with Crippen molar-refractivity contribution in [2.75, 3.05) is 17.5 Å². The molecule has 36 heavy (non-hydrogen) atoms. The number of nitrogens with one attached hydrogen (secondary N) is 3. The first-order valence-electron chi connectivity index (χ1n) is 11.7. The smallest absolute Gasteiger partial charge is 0.135 e.